The Hall–Kier alpha value is -2.34. The molecule has 0 N–H and O–H groups in total. The molecule has 0 aromatic carbocycles. The van der Waals surface area contributed by atoms with Crippen LogP contribution in [0.15, 0.2) is 107 Å². The van der Waals surface area contributed by atoms with Crippen LogP contribution in [0.1, 0.15) is 114 Å². The third kappa shape index (κ3) is 11.6. The SMILES string of the molecule is CC1=CCCC(C)(C)[C@H]1/C=C/C(C)=C/C=C/C(C)=C/CC/C=C(C)/C=C/C=C(C)/C=C/[C@H]1[C@H](C)CCCC1(C)C. The minimum atomic E-state index is 0.352. The molecule has 0 aliphatic heterocycles. The van der Waals surface area contributed by atoms with E-state index in [2.05, 4.69) is 148 Å². The molecular weight excluding hydrogens is 480 g/mol. The largest absolute Gasteiger partial charge is 0.0850 e. The smallest absolute Gasteiger partial charge is 0.00285 e. The van der Waals surface area contributed by atoms with Crippen LogP contribution in [0.4, 0.5) is 0 Å². The minimum absolute atomic E-state index is 0.352. The predicted octanol–water partition coefficient (Wildman–Crippen LogP) is 12.6. The molecule has 0 saturated heterocycles. The molecular formula is C40H60. The first-order valence-electron chi connectivity index (χ1n) is 15.9. The summed E-state index contributed by atoms with van der Waals surface area (Å²) in [4.78, 5) is 0. The van der Waals surface area contributed by atoms with Crippen molar-refractivity contribution in [1.82, 2.24) is 0 Å². The standard InChI is InChI=1S/C40H60/c1-31(19-13-21-33(3)25-27-37-35(5)23-15-29-39(37,7)8)17-11-12-18-32(2)20-14-22-34(4)26-28-38-36(6)24-16-30-40(38,9)10/h13-14,17-23,25-28,36-38H,11-12,15-16,24,29-30H2,1-10H3/b19-13+,20-14+,27-25+,28-26+,31-17+,32-18+,33-21+,34-22+/t36-,37+,38+/m1/s1. The highest BCUT2D eigenvalue weighted by atomic mass is 14.4. The summed E-state index contributed by atoms with van der Waals surface area (Å²) >= 11 is 0. The van der Waals surface area contributed by atoms with Crippen molar-refractivity contribution in [2.75, 3.05) is 0 Å². The van der Waals surface area contributed by atoms with E-state index in [0.29, 0.717) is 22.7 Å². The molecule has 1 fully saturated rings. The van der Waals surface area contributed by atoms with Crippen LogP contribution < -0.4 is 0 Å². The van der Waals surface area contributed by atoms with E-state index in [1.165, 1.54) is 60.0 Å². The summed E-state index contributed by atoms with van der Waals surface area (Å²) in [5, 5.41) is 0. The van der Waals surface area contributed by atoms with Crippen molar-refractivity contribution in [1.29, 1.82) is 0 Å². The molecule has 0 heteroatoms. The Morgan fingerprint density at radius 1 is 0.750 bits per heavy atom. The van der Waals surface area contributed by atoms with Crippen molar-refractivity contribution in [3.8, 4) is 0 Å². The Morgan fingerprint density at radius 2 is 1.30 bits per heavy atom. The highest BCUT2D eigenvalue weighted by Gasteiger charge is 2.34. The lowest BCUT2D eigenvalue weighted by Crippen LogP contribution is -2.32. The van der Waals surface area contributed by atoms with Gasteiger partial charge < -0.3 is 0 Å². The van der Waals surface area contributed by atoms with Crippen molar-refractivity contribution in [3.63, 3.8) is 0 Å². The van der Waals surface area contributed by atoms with Crippen molar-refractivity contribution in [2.45, 2.75) is 114 Å². The summed E-state index contributed by atoms with van der Waals surface area (Å²) in [5.41, 5.74) is 7.56. The number of allylic oxidation sites excluding steroid dienone is 18. The maximum Gasteiger partial charge on any atom is 0.00285 e. The molecule has 220 valence electrons. The first kappa shape index (κ1) is 33.9. The van der Waals surface area contributed by atoms with Crippen LogP contribution in [0.25, 0.3) is 0 Å². The van der Waals surface area contributed by atoms with E-state index in [0.717, 1.165) is 18.8 Å². The van der Waals surface area contributed by atoms with E-state index in [1.807, 2.05) is 0 Å². The monoisotopic (exact) mass is 540 g/mol. The van der Waals surface area contributed by atoms with E-state index in [9.17, 15) is 0 Å². The zero-order chi connectivity index (χ0) is 29.8. The highest BCUT2D eigenvalue weighted by molar-refractivity contribution is 5.30. The van der Waals surface area contributed by atoms with Gasteiger partial charge in [0, 0.05) is 5.92 Å². The maximum atomic E-state index is 2.47. The third-order valence-electron chi connectivity index (χ3n) is 9.24. The van der Waals surface area contributed by atoms with Gasteiger partial charge in [0.2, 0.25) is 0 Å². The second-order valence-corrected chi connectivity index (χ2v) is 14.1. The van der Waals surface area contributed by atoms with Crippen molar-refractivity contribution < 1.29 is 0 Å². The molecule has 40 heavy (non-hydrogen) atoms. The molecule has 0 heterocycles. The molecule has 2 aliphatic rings. The summed E-state index contributed by atoms with van der Waals surface area (Å²) in [7, 11) is 0. The molecule has 3 atom stereocenters. The zero-order valence-corrected chi connectivity index (χ0v) is 27.7. The van der Waals surface area contributed by atoms with Gasteiger partial charge in [0.15, 0.2) is 0 Å². The average molecular weight is 541 g/mol. The molecule has 0 spiro atoms. The van der Waals surface area contributed by atoms with Gasteiger partial charge >= 0.3 is 0 Å². The molecule has 0 amide bonds. The Kier molecular flexibility index (Phi) is 13.7. The number of rotatable bonds is 11. The normalized spacial score (nSPS) is 26.9. The van der Waals surface area contributed by atoms with E-state index >= 15 is 0 Å². The second-order valence-electron chi connectivity index (χ2n) is 14.1. The van der Waals surface area contributed by atoms with Crippen LogP contribution in [0, 0.1) is 28.6 Å². The molecule has 0 nitrogen and oxygen atoms in total. The quantitative estimate of drug-likeness (QED) is 0.139. The Balaban J connectivity index is 1.80. The third-order valence-corrected chi connectivity index (χ3v) is 9.24. The predicted molar refractivity (Wildman–Crippen MR) is 181 cm³/mol. The van der Waals surface area contributed by atoms with Crippen molar-refractivity contribution in [2.24, 2.45) is 28.6 Å². The van der Waals surface area contributed by atoms with E-state index in [-0.39, 0.29) is 0 Å². The summed E-state index contributed by atoms with van der Waals surface area (Å²) in [6.07, 6.45) is 38.6. The first-order valence-corrected chi connectivity index (χ1v) is 15.9. The van der Waals surface area contributed by atoms with Gasteiger partial charge in [-0.2, -0.15) is 0 Å². The summed E-state index contributed by atoms with van der Waals surface area (Å²) in [6.45, 7) is 23.2. The molecule has 0 radical (unpaired) electrons. The topological polar surface area (TPSA) is 0 Å². The van der Waals surface area contributed by atoms with Gasteiger partial charge in [0.1, 0.15) is 0 Å². The number of hydrogen-bond acceptors (Lipinski definition) is 0. The lowest BCUT2D eigenvalue weighted by atomic mass is 9.64. The first-order chi connectivity index (χ1) is 18.8. The average Bonchev–Trinajstić information content (AvgIpc) is 2.85. The van der Waals surface area contributed by atoms with Gasteiger partial charge in [0.05, 0.1) is 0 Å². The molecule has 0 aromatic heterocycles. The van der Waals surface area contributed by atoms with Crippen molar-refractivity contribution in [3.05, 3.63) is 107 Å². The molecule has 1 saturated carbocycles. The van der Waals surface area contributed by atoms with E-state index in [1.54, 1.807) is 0 Å². The molecule has 0 unspecified atom stereocenters. The summed E-state index contributed by atoms with van der Waals surface area (Å²) in [6, 6.07) is 0. The Labute approximate surface area is 249 Å². The van der Waals surface area contributed by atoms with E-state index in [4.69, 9.17) is 0 Å². The fourth-order valence-corrected chi connectivity index (χ4v) is 6.51. The Bertz CT molecular complexity index is 1080. The number of unbranched alkanes of at least 4 members (excludes halogenated alkanes) is 1. The van der Waals surface area contributed by atoms with Crippen molar-refractivity contribution >= 4 is 0 Å². The van der Waals surface area contributed by atoms with Gasteiger partial charge in [-0.15, -0.1) is 0 Å². The van der Waals surface area contributed by atoms with E-state index < -0.39 is 0 Å². The van der Waals surface area contributed by atoms with Crippen LogP contribution in [0.5, 0.6) is 0 Å². The van der Waals surface area contributed by atoms with Crippen LogP contribution in [0.3, 0.4) is 0 Å². The zero-order valence-electron chi connectivity index (χ0n) is 27.7. The Morgan fingerprint density at radius 3 is 1.82 bits per heavy atom. The molecule has 0 aromatic rings. The van der Waals surface area contributed by atoms with Gasteiger partial charge in [-0.05, 0) is 89.4 Å². The van der Waals surface area contributed by atoms with Crippen LogP contribution in [-0.4, -0.2) is 0 Å². The molecule has 0 bridgehead atoms. The van der Waals surface area contributed by atoms with Gasteiger partial charge in [-0.1, -0.05) is 154 Å². The van der Waals surface area contributed by atoms with Gasteiger partial charge in [-0.25, -0.2) is 0 Å². The minimum Gasteiger partial charge on any atom is -0.0850 e. The van der Waals surface area contributed by atoms with Crippen LogP contribution in [-0.2, 0) is 0 Å². The van der Waals surface area contributed by atoms with Crippen LogP contribution in [0.2, 0.25) is 0 Å². The maximum absolute atomic E-state index is 2.47. The molecule has 2 rings (SSSR count). The summed E-state index contributed by atoms with van der Waals surface area (Å²) in [5.74, 6) is 2.01. The fraction of sp³-hybridized carbons (Fsp3) is 0.550. The lowest BCUT2D eigenvalue weighted by Gasteiger charge is -2.41. The number of hydrogen-bond donors (Lipinski definition) is 0. The van der Waals surface area contributed by atoms with Gasteiger partial charge in [-0.3, -0.25) is 0 Å². The highest BCUT2D eigenvalue weighted by Crippen LogP contribution is 2.44. The fourth-order valence-electron chi connectivity index (χ4n) is 6.51. The summed E-state index contributed by atoms with van der Waals surface area (Å²) < 4.78 is 0. The van der Waals surface area contributed by atoms with Gasteiger partial charge in [0.25, 0.3) is 0 Å². The molecule has 2 aliphatic carbocycles. The lowest BCUT2D eigenvalue weighted by molar-refractivity contribution is 0.123. The second kappa shape index (κ2) is 16.2. The van der Waals surface area contributed by atoms with Crippen LogP contribution >= 0.6 is 0 Å².